The van der Waals surface area contributed by atoms with Gasteiger partial charge in [-0.05, 0) is 115 Å². The van der Waals surface area contributed by atoms with Gasteiger partial charge in [0.15, 0.2) is 0 Å². The molecular weight excluding hydrogens is 552 g/mol. The van der Waals surface area contributed by atoms with Crippen LogP contribution in [-0.4, -0.2) is 5.38 Å². The summed E-state index contributed by atoms with van der Waals surface area (Å²) in [6.07, 6.45) is 33.2. The van der Waals surface area contributed by atoms with Crippen LogP contribution >= 0.6 is 11.6 Å². The second kappa shape index (κ2) is 18.8. The fraction of sp³-hybridized carbons (Fsp3) is 0.488. The van der Waals surface area contributed by atoms with Gasteiger partial charge < -0.3 is 0 Å². The first kappa shape index (κ1) is 37.3. The normalized spacial score (nSPS) is 16.0. The van der Waals surface area contributed by atoms with Gasteiger partial charge in [-0.25, -0.2) is 0 Å². The Morgan fingerprint density at radius 2 is 1.59 bits per heavy atom. The van der Waals surface area contributed by atoms with E-state index in [2.05, 4.69) is 121 Å². The first-order chi connectivity index (χ1) is 21.0. The Morgan fingerprint density at radius 3 is 2.11 bits per heavy atom. The summed E-state index contributed by atoms with van der Waals surface area (Å²) in [5, 5.41) is 0.0137. The summed E-state index contributed by atoms with van der Waals surface area (Å²) in [5.41, 5.74) is 8.13. The highest BCUT2D eigenvalue weighted by Gasteiger charge is 2.27. The highest BCUT2D eigenvalue weighted by atomic mass is 35.5. The van der Waals surface area contributed by atoms with Gasteiger partial charge in [0.1, 0.15) is 0 Å². The second-order valence-corrected chi connectivity index (χ2v) is 13.7. The highest BCUT2D eigenvalue weighted by Crippen LogP contribution is 2.37. The van der Waals surface area contributed by atoms with E-state index < -0.39 is 0 Å². The quantitative estimate of drug-likeness (QED) is 0.0673. The van der Waals surface area contributed by atoms with Crippen LogP contribution in [0.25, 0.3) is 6.08 Å². The summed E-state index contributed by atoms with van der Waals surface area (Å²) in [5.74, 6) is 7.04. The number of terminal acetylenes is 2. The molecule has 0 bridgehead atoms. The summed E-state index contributed by atoms with van der Waals surface area (Å²) >= 11 is 7.00. The molecule has 2 rings (SSSR count). The van der Waals surface area contributed by atoms with Crippen molar-refractivity contribution in [1.29, 1.82) is 0 Å². The largest absolute Gasteiger partial charge is 0.122 e. The molecule has 0 nitrogen and oxygen atoms in total. The molecule has 0 saturated heterocycles. The van der Waals surface area contributed by atoms with Crippen molar-refractivity contribution < 1.29 is 0 Å². The lowest BCUT2D eigenvalue weighted by Gasteiger charge is -2.31. The minimum Gasteiger partial charge on any atom is -0.122 e. The lowest BCUT2D eigenvalue weighted by molar-refractivity contribution is 0.298. The zero-order valence-corrected chi connectivity index (χ0v) is 29.3. The van der Waals surface area contributed by atoms with Gasteiger partial charge in [0.05, 0.1) is 5.92 Å². The molecule has 1 heteroatoms. The van der Waals surface area contributed by atoms with Crippen molar-refractivity contribution in [2.75, 3.05) is 0 Å². The lowest BCUT2D eigenvalue weighted by atomic mass is 9.80. The third-order valence-electron chi connectivity index (χ3n) is 9.63. The van der Waals surface area contributed by atoms with Crippen molar-refractivity contribution in [2.24, 2.45) is 17.3 Å². The topological polar surface area (TPSA) is 0 Å². The molecule has 2 unspecified atom stereocenters. The van der Waals surface area contributed by atoms with Gasteiger partial charge in [0.2, 0.25) is 0 Å². The van der Waals surface area contributed by atoms with Gasteiger partial charge in [-0.2, -0.15) is 0 Å². The molecule has 0 radical (unpaired) electrons. The SMILES string of the molecule is C#C/C(=C\c1ccc(C(CC)CC)cc1)C(=C)CCC(Cl)C(C)(C)CCCC(=C)C(C#C)/C=C1\C=CC(C(CC)CC)=CC1. The van der Waals surface area contributed by atoms with E-state index in [1.807, 2.05) is 0 Å². The fourth-order valence-electron chi connectivity index (χ4n) is 6.21. The Bertz CT molecular complexity index is 1290. The van der Waals surface area contributed by atoms with Gasteiger partial charge >= 0.3 is 0 Å². The summed E-state index contributed by atoms with van der Waals surface area (Å²) < 4.78 is 0. The molecule has 0 aromatic heterocycles. The Kier molecular flexibility index (Phi) is 15.9. The monoisotopic (exact) mass is 608 g/mol. The van der Waals surface area contributed by atoms with Crippen LogP contribution in [0.5, 0.6) is 0 Å². The van der Waals surface area contributed by atoms with Crippen LogP contribution in [0, 0.1) is 41.9 Å². The first-order valence-corrected chi connectivity index (χ1v) is 17.3. The average Bonchev–Trinajstić information content (AvgIpc) is 3.03. The summed E-state index contributed by atoms with van der Waals surface area (Å²) in [4.78, 5) is 0. The predicted octanol–water partition coefficient (Wildman–Crippen LogP) is 12.8. The van der Waals surface area contributed by atoms with Crippen molar-refractivity contribution in [1.82, 2.24) is 0 Å². The molecule has 0 N–H and O–H groups in total. The molecule has 2 atom stereocenters. The highest BCUT2D eigenvalue weighted by molar-refractivity contribution is 6.21. The van der Waals surface area contributed by atoms with Crippen molar-refractivity contribution in [3.63, 3.8) is 0 Å². The third-order valence-corrected chi connectivity index (χ3v) is 10.4. The van der Waals surface area contributed by atoms with Crippen molar-refractivity contribution >= 4 is 17.7 Å². The molecule has 1 aliphatic carbocycles. The van der Waals surface area contributed by atoms with Gasteiger partial charge in [-0.15, -0.1) is 24.4 Å². The van der Waals surface area contributed by atoms with Crippen molar-refractivity contribution in [3.8, 4) is 24.7 Å². The smallest absolute Gasteiger partial charge is 0.0593 e. The van der Waals surface area contributed by atoms with Crippen LogP contribution in [0.2, 0.25) is 0 Å². The number of benzene rings is 1. The van der Waals surface area contributed by atoms with E-state index in [9.17, 15) is 0 Å². The van der Waals surface area contributed by atoms with Gasteiger partial charge in [-0.3, -0.25) is 0 Å². The maximum absolute atomic E-state index is 7.00. The molecule has 0 fully saturated rings. The molecule has 0 spiro atoms. The maximum atomic E-state index is 7.00. The lowest BCUT2D eigenvalue weighted by Crippen LogP contribution is -2.25. The third kappa shape index (κ3) is 11.2. The molecule has 236 valence electrons. The predicted molar refractivity (Wildman–Crippen MR) is 198 cm³/mol. The van der Waals surface area contributed by atoms with Crippen molar-refractivity contribution in [3.05, 3.63) is 101 Å². The molecule has 1 aromatic carbocycles. The Morgan fingerprint density at radius 1 is 0.955 bits per heavy atom. The summed E-state index contributed by atoms with van der Waals surface area (Å²) in [6, 6.07) is 8.77. The van der Waals surface area contributed by atoms with Crippen LogP contribution in [-0.2, 0) is 0 Å². The molecule has 0 heterocycles. The zero-order valence-electron chi connectivity index (χ0n) is 28.5. The molecule has 44 heavy (non-hydrogen) atoms. The van der Waals surface area contributed by atoms with Crippen LogP contribution in [0.15, 0.2) is 89.6 Å². The van der Waals surface area contributed by atoms with Gasteiger partial charge in [0, 0.05) is 11.0 Å². The van der Waals surface area contributed by atoms with E-state index in [0.29, 0.717) is 11.8 Å². The molecule has 0 aliphatic heterocycles. The molecule has 1 aliphatic rings. The Hall–Kier alpha value is -2.93. The Labute approximate surface area is 276 Å². The van der Waals surface area contributed by atoms with Gasteiger partial charge in [0.25, 0.3) is 0 Å². The number of rotatable bonds is 18. The van der Waals surface area contributed by atoms with E-state index >= 15 is 0 Å². The maximum Gasteiger partial charge on any atom is 0.0593 e. The number of halogens is 1. The van der Waals surface area contributed by atoms with Crippen molar-refractivity contribution in [2.45, 2.75) is 117 Å². The van der Waals surface area contributed by atoms with Crippen LogP contribution < -0.4 is 0 Å². The number of allylic oxidation sites excluding steroid dienone is 9. The minimum atomic E-state index is -0.0409. The number of hydrogen-bond acceptors (Lipinski definition) is 0. The van der Waals surface area contributed by atoms with E-state index in [1.165, 1.54) is 29.6 Å². The molecule has 0 saturated carbocycles. The standard InChI is InChI=1S/C43H57Cl/c1-11-36(12-2)40-24-20-34(21-25-40)30-38(15-5)32(7)18-17-29-43(9,10)42(44)28-19-33(8)39(16-6)31-35-22-26-41(27-23-35)37(13-3)14-4/h5-6,20,22-27,30-31,36-38,42H,7-8,11-14,17-19,21,28-29H2,1-4,9-10H3/b34-30+,39-31+. The van der Waals surface area contributed by atoms with E-state index in [-0.39, 0.29) is 16.7 Å². The zero-order chi connectivity index (χ0) is 32.7. The summed E-state index contributed by atoms with van der Waals surface area (Å²) in [6.45, 7) is 22.2. The van der Waals surface area contributed by atoms with Gasteiger partial charge in [-0.1, -0.05) is 121 Å². The average molecular weight is 609 g/mol. The minimum absolute atomic E-state index is 0.0137. The molecule has 1 aromatic rings. The first-order valence-electron chi connectivity index (χ1n) is 16.9. The van der Waals surface area contributed by atoms with E-state index in [0.717, 1.165) is 73.6 Å². The number of hydrogen-bond donors (Lipinski definition) is 0. The van der Waals surface area contributed by atoms with Crippen LogP contribution in [0.1, 0.15) is 123 Å². The molecular formula is C43H57Cl. The Balaban J connectivity index is 1.88. The van der Waals surface area contributed by atoms with Crippen LogP contribution in [0.3, 0.4) is 0 Å². The number of alkyl halides is 1. The summed E-state index contributed by atoms with van der Waals surface area (Å²) in [7, 11) is 0. The van der Waals surface area contributed by atoms with Crippen LogP contribution in [0.4, 0.5) is 0 Å². The van der Waals surface area contributed by atoms with E-state index in [1.54, 1.807) is 0 Å². The fourth-order valence-corrected chi connectivity index (χ4v) is 6.42. The second-order valence-electron chi connectivity index (χ2n) is 13.1. The van der Waals surface area contributed by atoms with E-state index in [4.69, 9.17) is 24.4 Å². The molecule has 0 amide bonds.